The van der Waals surface area contributed by atoms with Crippen LogP contribution >= 0.6 is 12.2 Å². The molecule has 1 aromatic heterocycles. The number of nitrogens with zero attached hydrogens (tertiary/aromatic N) is 2. The van der Waals surface area contributed by atoms with Gasteiger partial charge in [0.05, 0.1) is 18.9 Å². The fraction of sp³-hybridized carbons (Fsp3) is 0.333. The number of esters is 1. The summed E-state index contributed by atoms with van der Waals surface area (Å²) in [5.41, 5.74) is 3.98. The number of nitrogens with one attached hydrogen (secondary N) is 2. The Hall–Kier alpha value is -3.00. The number of methoxy groups -OCH3 is 1. The average molecular weight is 413 g/mol. The van der Waals surface area contributed by atoms with Crippen LogP contribution in [0.4, 0.5) is 0 Å². The van der Waals surface area contributed by atoms with Crippen molar-refractivity contribution in [3.63, 3.8) is 0 Å². The number of ether oxygens (including phenoxy) is 2. The first kappa shape index (κ1) is 20.7. The summed E-state index contributed by atoms with van der Waals surface area (Å²) < 4.78 is 10.7. The van der Waals surface area contributed by atoms with E-state index in [1.54, 1.807) is 42.7 Å². The lowest BCUT2D eigenvalue weighted by molar-refractivity contribution is 0.0729. The van der Waals surface area contributed by atoms with Crippen molar-refractivity contribution in [1.82, 2.24) is 15.7 Å². The van der Waals surface area contributed by atoms with E-state index in [4.69, 9.17) is 21.7 Å². The molecule has 2 N–H and O–H groups in total. The standard InChI is InChI=1S/C21H24N4O3S/c1-27-19-12-15(13-23-25-21(29)24-17-7-3-2-4-8-17)9-10-18(19)28-20(26)16-6-5-11-22-14-16/h5-6,9-14,17H,2-4,7-8H2,1H3,(H2,24,25,29). The Morgan fingerprint density at radius 2 is 2.07 bits per heavy atom. The van der Waals surface area contributed by atoms with E-state index in [1.807, 2.05) is 0 Å². The summed E-state index contributed by atoms with van der Waals surface area (Å²) in [4.78, 5) is 16.1. The van der Waals surface area contributed by atoms with Gasteiger partial charge in [0.15, 0.2) is 16.6 Å². The first-order valence-electron chi connectivity index (χ1n) is 9.55. The topological polar surface area (TPSA) is 84.8 Å². The minimum Gasteiger partial charge on any atom is -0.493 e. The van der Waals surface area contributed by atoms with Gasteiger partial charge >= 0.3 is 5.97 Å². The molecule has 1 fully saturated rings. The van der Waals surface area contributed by atoms with Gasteiger partial charge in [-0.3, -0.25) is 10.4 Å². The molecule has 152 valence electrons. The van der Waals surface area contributed by atoms with Crippen molar-refractivity contribution >= 4 is 29.5 Å². The van der Waals surface area contributed by atoms with Gasteiger partial charge in [-0.05, 0) is 61.0 Å². The first-order valence-corrected chi connectivity index (χ1v) is 9.96. The SMILES string of the molecule is COc1cc(C=NNC(=S)NC2CCCCC2)ccc1OC(=O)c1cccnc1. The summed E-state index contributed by atoms with van der Waals surface area (Å²) in [5.74, 6) is 0.244. The molecule has 1 aromatic carbocycles. The highest BCUT2D eigenvalue weighted by Crippen LogP contribution is 2.28. The highest BCUT2D eigenvalue weighted by Gasteiger charge is 2.14. The Morgan fingerprint density at radius 1 is 1.24 bits per heavy atom. The third-order valence-corrected chi connectivity index (χ3v) is 4.82. The summed E-state index contributed by atoms with van der Waals surface area (Å²) in [6.45, 7) is 0. The summed E-state index contributed by atoms with van der Waals surface area (Å²) in [6, 6.07) is 8.90. The summed E-state index contributed by atoms with van der Waals surface area (Å²) in [6.07, 6.45) is 10.7. The number of thiocarbonyl (C=S) groups is 1. The van der Waals surface area contributed by atoms with E-state index in [0.717, 1.165) is 18.4 Å². The average Bonchev–Trinajstić information content (AvgIpc) is 2.76. The molecule has 0 atom stereocenters. The number of hydrogen-bond acceptors (Lipinski definition) is 6. The van der Waals surface area contributed by atoms with E-state index in [-0.39, 0.29) is 0 Å². The van der Waals surface area contributed by atoms with Crippen LogP contribution in [0.25, 0.3) is 0 Å². The molecule has 0 amide bonds. The molecule has 1 aliphatic carbocycles. The van der Waals surface area contributed by atoms with Gasteiger partial charge in [0.2, 0.25) is 0 Å². The second kappa shape index (κ2) is 10.5. The van der Waals surface area contributed by atoms with Crippen LogP contribution < -0.4 is 20.2 Å². The highest BCUT2D eigenvalue weighted by molar-refractivity contribution is 7.80. The summed E-state index contributed by atoms with van der Waals surface area (Å²) >= 11 is 5.29. The minimum absolute atomic E-state index is 0.320. The molecule has 0 radical (unpaired) electrons. The maximum atomic E-state index is 12.2. The van der Waals surface area contributed by atoms with Crippen molar-refractivity contribution in [2.24, 2.45) is 5.10 Å². The van der Waals surface area contributed by atoms with Gasteiger partial charge in [-0.15, -0.1) is 0 Å². The monoisotopic (exact) mass is 412 g/mol. The minimum atomic E-state index is -0.501. The Morgan fingerprint density at radius 3 is 2.79 bits per heavy atom. The van der Waals surface area contributed by atoms with E-state index in [0.29, 0.717) is 28.2 Å². The van der Waals surface area contributed by atoms with Crippen molar-refractivity contribution in [3.8, 4) is 11.5 Å². The van der Waals surface area contributed by atoms with Crippen LogP contribution in [0, 0.1) is 0 Å². The molecule has 1 heterocycles. The Kier molecular flexibility index (Phi) is 7.52. The zero-order chi connectivity index (χ0) is 20.5. The number of carbonyl (C=O) groups excluding carboxylic acids is 1. The van der Waals surface area contributed by atoms with Crippen molar-refractivity contribution in [2.75, 3.05) is 7.11 Å². The van der Waals surface area contributed by atoms with E-state index in [1.165, 1.54) is 32.6 Å². The van der Waals surface area contributed by atoms with Crippen LogP contribution in [-0.2, 0) is 0 Å². The van der Waals surface area contributed by atoms with E-state index in [2.05, 4.69) is 20.8 Å². The quantitative estimate of drug-likeness (QED) is 0.247. The molecule has 0 saturated heterocycles. The molecule has 1 saturated carbocycles. The third-order valence-electron chi connectivity index (χ3n) is 4.61. The predicted octanol–water partition coefficient (Wildman–Crippen LogP) is 3.44. The number of carbonyl (C=O) groups is 1. The molecule has 2 aromatic rings. The fourth-order valence-electron chi connectivity index (χ4n) is 3.12. The molecule has 0 unspecified atom stereocenters. The Bertz CT molecular complexity index is 867. The second-order valence-electron chi connectivity index (χ2n) is 6.72. The van der Waals surface area contributed by atoms with Gasteiger partial charge < -0.3 is 14.8 Å². The Balaban J connectivity index is 1.57. The fourth-order valence-corrected chi connectivity index (χ4v) is 3.34. The zero-order valence-electron chi connectivity index (χ0n) is 16.3. The molecule has 7 nitrogen and oxygen atoms in total. The normalized spacial score (nSPS) is 14.4. The first-order chi connectivity index (χ1) is 14.2. The molecule has 1 aliphatic rings. The number of hydrogen-bond donors (Lipinski definition) is 2. The van der Waals surface area contributed by atoms with E-state index < -0.39 is 5.97 Å². The number of pyridine rings is 1. The molecule has 0 bridgehead atoms. The van der Waals surface area contributed by atoms with Crippen LogP contribution in [-0.4, -0.2) is 35.4 Å². The van der Waals surface area contributed by atoms with Gasteiger partial charge in [0, 0.05) is 18.4 Å². The predicted molar refractivity (Wildman–Crippen MR) is 116 cm³/mol. The lowest BCUT2D eigenvalue weighted by atomic mass is 9.96. The van der Waals surface area contributed by atoms with Crippen molar-refractivity contribution < 1.29 is 14.3 Å². The van der Waals surface area contributed by atoms with Crippen molar-refractivity contribution in [2.45, 2.75) is 38.1 Å². The maximum absolute atomic E-state index is 12.2. The van der Waals surface area contributed by atoms with Crippen molar-refractivity contribution in [1.29, 1.82) is 0 Å². The van der Waals surface area contributed by atoms with E-state index >= 15 is 0 Å². The lowest BCUT2D eigenvalue weighted by Crippen LogP contribution is -2.40. The number of rotatable bonds is 6. The number of hydrazone groups is 1. The highest BCUT2D eigenvalue weighted by atomic mass is 32.1. The van der Waals surface area contributed by atoms with Crippen LogP contribution in [0.2, 0.25) is 0 Å². The zero-order valence-corrected chi connectivity index (χ0v) is 17.1. The third kappa shape index (κ3) is 6.25. The van der Waals surface area contributed by atoms with Gasteiger partial charge in [0.1, 0.15) is 0 Å². The lowest BCUT2D eigenvalue weighted by Gasteiger charge is -2.23. The van der Waals surface area contributed by atoms with Gasteiger partial charge in [-0.1, -0.05) is 19.3 Å². The molecule has 8 heteroatoms. The van der Waals surface area contributed by atoms with Gasteiger partial charge in [0.25, 0.3) is 0 Å². The van der Waals surface area contributed by atoms with Crippen molar-refractivity contribution in [3.05, 3.63) is 53.9 Å². The molecule has 0 aliphatic heterocycles. The molecule has 3 rings (SSSR count). The Labute approximate surface area is 175 Å². The van der Waals surface area contributed by atoms with Crippen LogP contribution in [0.15, 0.2) is 47.8 Å². The molecular formula is C21H24N4O3S. The molecule has 29 heavy (non-hydrogen) atoms. The van der Waals surface area contributed by atoms with Crippen LogP contribution in [0.5, 0.6) is 11.5 Å². The smallest absolute Gasteiger partial charge is 0.345 e. The van der Waals surface area contributed by atoms with Crippen LogP contribution in [0.1, 0.15) is 48.0 Å². The van der Waals surface area contributed by atoms with Gasteiger partial charge in [-0.25, -0.2) is 4.79 Å². The number of benzene rings is 1. The summed E-state index contributed by atoms with van der Waals surface area (Å²) in [7, 11) is 1.51. The van der Waals surface area contributed by atoms with Gasteiger partial charge in [-0.2, -0.15) is 5.10 Å². The van der Waals surface area contributed by atoms with Crippen LogP contribution in [0.3, 0.4) is 0 Å². The second-order valence-corrected chi connectivity index (χ2v) is 7.13. The van der Waals surface area contributed by atoms with E-state index in [9.17, 15) is 4.79 Å². The maximum Gasteiger partial charge on any atom is 0.345 e. The summed E-state index contributed by atoms with van der Waals surface area (Å²) in [5, 5.41) is 7.98. The number of aromatic nitrogens is 1. The molecular weight excluding hydrogens is 388 g/mol. The largest absolute Gasteiger partial charge is 0.493 e. The molecule has 0 spiro atoms.